The van der Waals surface area contributed by atoms with E-state index in [0.29, 0.717) is 12.0 Å². The smallest absolute Gasteiger partial charge is 0.126 e. The van der Waals surface area contributed by atoms with Gasteiger partial charge in [0.05, 0.1) is 15.9 Å². The van der Waals surface area contributed by atoms with Crippen LogP contribution in [0.25, 0.3) is 0 Å². The first kappa shape index (κ1) is 14.2. The van der Waals surface area contributed by atoms with Crippen LogP contribution in [0.5, 0.6) is 0 Å². The summed E-state index contributed by atoms with van der Waals surface area (Å²) in [6, 6.07) is 4.83. The molecule has 2 rings (SSSR count). The van der Waals surface area contributed by atoms with Crippen LogP contribution in [0.1, 0.15) is 28.6 Å². The van der Waals surface area contributed by atoms with E-state index < -0.39 is 0 Å². The maximum atomic E-state index is 13.3. The Morgan fingerprint density at radius 2 is 2.11 bits per heavy atom. The summed E-state index contributed by atoms with van der Waals surface area (Å²) in [4.78, 5) is 0. The first-order chi connectivity index (χ1) is 8.90. The van der Waals surface area contributed by atoms with Crippen LogP contribution in [0.2, 0.25) is 0 Å². The van der Waals surface area contributed by atoms with E-state index in [2.05, 4.69) is 21.0 Å². The van der Waals surface area contributed by atoms with Crippen molar-refractivity contribution in [1.29, 1.82) is 0 Å². The van der Waals surface area contributed by atoms with Crippen molar-refractivity contribution in [2.24, 2.45) is 12.8 Å². The number of hydrogen-bond acceptors (Lipinski definition) is 2. The van der Waals surface area contributed by atoms with Crippen molar-refractivity contribution >= 4 is 15.9 Å². The van der Waals surface area contributed by atoms with Gasteiger partial charge in [0.2, 0.25) is 0 Å². The fraction of sp³-hybridized carbons (Fsp3) is 0.357. The summed E-state index contributed by atoms with van der Waals surface area (Å²) in [7, 11) is 1.90. The molecule has 0 saturated heterocycles. The van der Waals surface area contributed by atoms with Crippen LogP contribution in [-0.2, 0) is 13.5 Å². The van der Waals surface area contributed by atoms with Gasteiger partial charge in [-0.3, -0.25) is 4.68 Å². The highest BCUT2D eigenvalue weighted by atomic mass is 79.9. The van der Waals surface area contributed by atoms with Crippen molar-refractivity contribution in [3.8, 4) is 0 Å². The standard InChI is InChI=1S/C14H17BrFN3/c1-8-6-10(4-5-11(8)16)12(17)7-13-14(15)9(2)18-19(13)3/h4-6,12H,7,17H2,1-3H3. The van der Waals surface area contributed by atoms with Crippen molar-refractivity contribution in [3.05, 3.63) is 51.0 Å². The lowest BCUT2D eigenvalue weighted by atomic mass is 10.0. The highest BCUT2D eigenvalue weighted by Crippen LogP contribution is 2.25. The first-order valence-corrected chi connectivity index (χ1v) is 6.89. The Bertz CT molecular complexity index is 607. The molecule has 0 spiro atoms. The Labute approximate surface area is 120 Å². The van der Waals surface area contributed by atoms with Crippen LogP contribution >= 0.6 is 15.9 Å². The third-order valence-corrected chi connectivity index (χ3v) is 4.32. The zero-order valence-electron chi connectivity index (χ0n) is 11.2. The van der Waals surface area contributed by atoms with E-state index in [4.69, 9.17) is 5.73 Å². The van der Waals surface area contributed by atoms with E-state index in [-0.39, 0.29) is 11.9 Å². The fourth-order valence-corrected chi connectivity index (χ4v) is 2.62. The molecular formula is C14H17BrFN3. The summed E-state index contributed by atoms with van der Waals surface area (Å²) in [6.45, 7) is 3.69. The summed E-state index contributed by atoms with van der Waals surface area (Å²) in [5.41, 5.74) is 9.75. The van der Waals surface area contributed by atoms with Gasteiger partial charge in [-0.15, -0.1) is 0 Å². The predicted molar refractivity (Wildman–Crippen MR) is 77.4 cm³/mol. The summed E-state index contributed by atoms with van der Waals surface area (Å²) >= 11 is 3.53. The van der Waals surface area contributed by atoms with Gasteiger partial charge in [-0.2, -0.15) is 5.10 Å². The molecule has 2 N–H and O–H groups in total. The Morgan fingerprint density at radius 3 is 2.63 bits per heavy atom. The second-order valence-electron chi connectivity index (χ2n) is 4.79. The average Bonchev–Trinajstić information content (AvgIpc) is 2.59. The molecule has 0 fully saturated rings. The van der Waals surface area contributed by atoms with Crippen molar-refractivity contribution in [2.75, 3.05) is 0 Å². The van der Waals surface area contributed by atoms with Gasteiger partial charge in [-0.05, 0) is 47.0 Å². The van der Waals surface area contributed by atoms with Crippen molar-refractivity contribution in [3.63, 3.8) is 0 Å². The summed E-state index contributed by atoms with van der Waals surface area (Å²) in [6.07, 6.45) is 0.656. The minimum Gasteiger partial charge on any atom is -0.324 e. The van der Waals surface area contributed by atoms with Gasteiger partial charge in [0.15, 0.2) is 0 Å². The molecule has 0 aliphatic carbocycles. The molecule has 19 heavy (non-hydrogen) atoms. The number of aryl methyl sites for hydroxylation is 3. The third kappa shape index (κ3) is 2.87. The Morgan fingerprint density at radius 1 is 1.42 bits per heavy atom. The van der Waals surface area contributed by atoms with Crippen LogP contribution in [0.3, 0.4) is 0 Å². The second kappa shape index (κ2) is 5.43. The molecule has 1 atom stereocenters. The van der Waals surface area contributed by atoms with Gasteiger partial charge in [0.25, 0.3) is 0 Å². The predicted octanol–water partition coefficient (Wildman–Crippen LogP) is 3.18. The van der Waals surface area contributed by atoms with E-state index in [1.165, 1.54) is 6.07 Å². The second-order valence-corrected chi connectivity index (χ2v) is 5.58. The molecule has 1 aromatic carbocycles. The summed E-state index contributed by atoms with van der Waals surface area (Å²) in [5, 5.41) is 4.34. The molecule has 0 bridgehead atoms. The van der Waals surface area contributed by atoms with E-state index in [9.17, 15) is 4.39 Å². The zero-order chi connectivity index (χ0) is 14.2. The van der Waals surface area contributed by atoms with Crippen molar-refractivity contribution in [2.45, 2.75) is 26.3 Å². The van der Waals surface area contributed by atoms with Gasteiger partial charge >= 0.3 is 0 Å². The normalized spacial score (nSPS) is 12.7. The van der Waals surface area contributed by atoms with E-state index in [0.717, 1.165) is 21.4 Å². The topological polar surface area (TPSA) is 43.8 Å². The lowest BCUT2D eigenvalue weighted by molar-refractivity contribution is 0.610. The van der Waals surface area contributed by atoms with Crippen LogP contribution < -0.4 is 5.73 Å². The van der Waals surface area contributed by atoms with Gasteiger partial charge in [-0.1, -0.05) is 12.1 Å². The Hall–Kier alpha value is -1.20. The quantitative estimate of drug-likeness (QED) is 0.941. The molecule has 0 saturated carbocycles. The van der Waals surface area contributed by atoms with E-state index in [1.54, 1.807) is 19.1 Å². The van der Waals surface area contributed by atoms with E-state index >= 15 is 0 Å². The number of benzene rings is 1. The molecule has 0 amide bonds. The fourth-order valence-electron chi connectivity index (χ4n) is 2.13. The average molecular weight is 326 g/mol. The molecule has 5 heteroatoms. The highest BCUT2D eigenvalue weighted by Gasteiger charge is 2.16. The van der Waals surface area contributed by atoms with Crippen LogP contribution in [0.4, 0.5) is 4.39 Å². The number of halogens is 2. The van der Waals surface area contributed by atoms with Crippen molar-refractivity contribution in [1.82, 2.24) is 9.78 Å². The molecule has 2 aromatic rings. The van der Waals surface area contributed by atoms with Crippen LogP contribution in [-0.4, -0.2) is 9.78 Å². The molecule has 0 aliphatic heterocycles. The third-order valence-electron chi connectivity index (χ3n) is 3.29. The van der Waals surface area contributed by atoms with E-state index in [1.807, 2.05) is 18.7 Å². The maximum Gasteiger partial charge on any atom is 0.126 e. The first-order valence-electron chi connectivity index (χ1n) is 6.09. The minimum absolute atomic E-state index is 0.176. The SMILES string of the molecule is Cc1cc(C(N)Cc2c(Br)c(C)nn2C)ccc1F. The lowest BCUT2D eigenvalue weighted by Gasteiger charge is -2.13. The Balaban J connectivity index is 2.25. The molecule has 1 unspecified atom stereocenters. The molecule has 0 radical (unpaired) electrons. The molecule has 1 heterocycles. The van der Waals surface area contributed by atoms with Gasteiger partial charge in [0.1, 0.15) is 5.82 Å². The number of nitrogens with zero attached hydrogens (tertiary/aromatic N) is 2. The molecule has 102 valence electrons. The summed E-state index contributed by atoms with van der Waals surface area (Å²) in [5.74, 6) is -0.200. The molecule has 1 aromatic heterocycles. The number of aromatic nitrogens is 2. The zero-order valence-corrected chi connectivity index (χ0v) is 12.8. The molecular weight excluding hydrogens is 309 g/mol. The monoisotopic (exact) mass is 325 g/mol. The summed E-state index contributed by atoms with van der Waals surface area (Å²) < 4.78 is 16.1. The lowest BCUT2D eigenvalue weighted by Crippen LogP contribution is -2.16. The van der Waals surface area contributed by atoms with Gasteiger partial charge in [0, 0.05) is 19.5 Å². The Kier molecular flexibility index (Phi) is 4.06. The minimum atomic E-state index is -0.200. The van der Waals surface area contributed by atoms with Crippen LogP contribution in [0.15, 0.2) is 22.7 Å². The van der Waals surface area contributed by atoms with Crippen LogP contribution in [0, 0.1) is 19.7 Å². The number of nitrogens with two attached hydrogens (primary N) is 1. The van der Waals surface area contributed by atoms with Gasteiger partial charge < -0.3 is 5.73 Å². The van der Waals surface area contributed by atoms with Gasteiger partial charge in [-0.25, -0.2) is 4.39 Å². The number of hydrogen-bond donors (Lipinski definition) is 1. The maximum absolute atomic E-state index is 13.3. The largest absolute Gasteiger partial charge is 0.324 e. The molecule has 3 nitrogen and oxygen atoms in total. The molecule has 0 aliphatic rings. The van der Waals surface area contributed by atoms with Crippen molar-refractivity contribution < 1.29 is 4.39 Å². The number of rotatable bonds is 3. The highest BCUT2D eigenvalue weighted by molar-refractivity contribution is 9.10.